The topological polar surface area (TPSA) is 70.1 Å². The van der Waals surface area contributed by atoms with Gasteiger partial charge < -0.3 is 4.90 Å². The SMILES string of the molecule is CCN(CC)c1ccc(/C=C2\C(=O)N(c3ccccc3)N=C2S(C)(=O)=O)cc1. The van der Waals surface area contributed by atoms with Crippen LogP contribution in [0.1, 0.15) is 19.4 Å². The lowest BCUT2D eigenvalue weighted by atomic mass is 10.1. The number of amides is 1. The molecule has 0 spiro atoms. The second-order valence-electron chi connectivity index (χ2n) is 6.45. The number of benzene rings is 2. The standard InChI is InChI=1S/C21H23N3O3S/c1-4-23(5-2)17-13-11-16(12-14-17)15-19-20(28(3,26)27)22-24(21(19)25)18-9-7-6-8-10-18/h6-15H,4-5H2,1-3H3/b19-15-. The van der Waals surface area contributed by atoms with Crippen molar-refractivity contribution in [1.82, 2.24) is 0 Å². The molecule has 0 atom stereocenters. The first-order valence-electron chi connectivity index (χ1n) is 9.10. The molecule has 0 unspecified atom stereocenters. The van der Waals surface area contributed by atoms with E-state index in [0.717, 1.165) is 35.6 Å². The largest absolute Gasteiger partial charge is 0.372 e. The second-order valence-corrected chi connectivity index (χ2v) is 8.38. The van der Waals surface area contributed by atoms with Crippen molar-refractivity contribution in [2.75, 3.05) is 29.3 Å². The lowest BCUT2D eigenvalue weighted by molar-refractivity contribution is -0.114. The maximum Gasteiger partial charge on any atom is 0.281 e. The first-order valence-corrected chi connectivity index (χ1v) is 11.0. The van der Waals surface area contributed by atoms with Gasteiger partial charge in [0.05, 0.1) is 11.3 Å². The number of hydrogen-bond donors (Lipinski definition) is 0. The van der Waals surface area contributed by atoms with E-state index in [9.17, 15) is 13.2 Å². The smallest absolute Gasteiger partial charge is 0.281 e. The van der Waals surface area contributed by atoms with Crippen molar-refractivity contribution in [3.05, 3.63) is 65.7 Å². The van der Waals surface area contributed by atoms with Crippen LogP contribution in [0.25, 0.3) is 6.08 Å². The number of hydrogen-bond acceptors (Lipinski definition) is 5. The summed E-state index contributed by atoms with van der Waals surface area (Å²) in [5.41, 5.74) is 2.41. The molecular formula is C21H23N3O3S. The van der Waals surface area contributed by atoms with E-state index in [0.29, 0.717) is 5.69 Å². The molecule has 1 aliphatic rings. The van der Waals surface area contributed by atoms with Gasteiger partial charge in [-0.25, -0.2) is 8.42 Å². The quantitative estimate of drug-likeness (QED) is 0.726. The van der Waals surface area contributed by atoms with Gasteiger partial charge in [-0.3, -0.25) is 4.79 Å². The Morgan fingerprint density at radius 3 is 2.14 bits per heavy atom. The van der Waals surface area contributed by atoms with Gasteiger partial charge in [-0.15, -0.1) is 0 Å². The Morgan fingerprint density at radius 1 is 1.00 bits per heavy atom. The normalized spacial score (nSPS) is 15.8. The third-order valence-electron chi connectivity index (χ3n) is 4.53. The summed E-state index contributed by atoms with van der Waals surface area (Å²) in [6, 6.07) is 16.5. The highest BCUT2D eigenvalue weighted by Gasteiger charge is 2.36. The lowest BCUT2D eigenvalue weighted by Gasteiger charge is -2.20. The molecule has 0 saturated heterocycles. The number of anilines is 2. The summed E-state index contributed by atoms with van der Waals surface area (Å²) in [7, 11) is -3.66. The van der Waals surface area contributed by atoms with Gasteiger partial charge in [-0.05, 0) is 49.8 Å². The van der Waals surface area contributed by atoms with Crippen molar-refractivity contribution < 1.29 is 13.2 Å². The van der Waals surface area contributed by atoms with E-state index in [1.54, 1.807) is 30.3 Å². The fourth-order valence-electron chi connectivity index (χ4n) is 3.07. The first-order chi connectivity index (χ1) is 13.3. The van der Waals surface area contributed by atoms with Crippen molar-refractivity contribution >= 4 is 38.2 Å². The molecule has 0 radical (unpaired) electrons. The molecule has 0 aromatic heterocycles. The molecule has 1 heterocycles. The van der Waals surface area contributed by atoms with Crippen LogP contribution >= 0.6 is 0 Å². The van der Waals surface area contributed by atoms with E-state index in [1.807, 2.05) is 30.3 Å². The summed E-state index contributed by atoms with van der Waals surface area (Å²) in [5.74, 6) is -0.459. The van der Waals surface area contributed by atoms with E-state index in [2.05, 4.69) is 23.8 Å². The molecule has 0 fully saturated rings. The van der Waals surface area contributed by atoms with Crippen molar-refractivity contribution in [3.63, 3.8) is 0 Å². The zero-order chi connectivity index (χ0) is 20.3. The third kappa shape index (κ3) is 3.99. The molecule has 1 aliphatic heterocycles. The van der Waals surface area contributed by atoms with E-state index >= 15 is 0 Å². The highest BCUT2D eigenvalue weighted by molar-refractivity contribution is 8.06. The minimum Gasteiger partial charge on any atom is -0.372 e. The molecular weight excluding hydrogens is 374 g/mol. The Morgan fingerprint density at radius 2 is 1.61 bits per heavy atom. The molecule has 0 saturated carbocycles. The zero-order valence-electron chi connectivity index (χ0n) is 16.2. The molecule has 146 valence electrons. The van der Waals surface area contributed by atoms with Crippen LogP contribution in [-0.2, 0) is 14.6 Å². The maximum atomic E-state index is 12.9. The van der Waals surface area contributed by atoms with Gasteiger partial charge in [0, 0.05) is 25.0 Å². The monoisotopic (exact) mass is 397 g/mol. The summed E-state index contributed by atoms with van der Waals surface area (Å²) >= 11 is 0. The Bertz CT molecular complexity index is 1020. The molecule has 3 rings (SSSR count). The van der Waals surface area contributed by atoms with Crippen LogP contribution in [-0.4, -0.2) is 38.7 Å². The summed E-state index contributed by atoms with van der Waals surface area (Å²) in [6.45, 7) is 5.96. The van der Waals surface area contributed by atoms with Gasteiger partial charge in [0.15, 0.2) is 14.9 Å². The Hall–Kier alpha value is -2.93. The number of carbonyl (C=O) groups excluding carboxylic acids is 1. The summed E-state index contributed by atoms with van der Waals surface area (Å²) in [5, 5.41) is 5.01. The predicted molar refractivity (Wildman–Crippen MR) is 114 cm³/mol. The number of hydrazone groups is 1. The fraction of sp³-hybridized carbons (Fsp3) is 0.238. The molecule has 1 amide bonds. The molecule has 6 nitrogen and oxygen atoms in total. The van der Waals surface area contributed by atoms with Crippen LogP contribution < -0.4 is 9.91 Å². The second kappa shape index (κ2) is 7.98. The van der Waals surface area contributed by atoms with Crippen LogP contribution in [0.15, 0.2) is 65.3 Å². The number of carbonyl (C=O) groups is 1. The first kappa shape index (κ1) is 19.8. The number of para-hydroxylation sites is 1. The molecule has 0 aliphatic carbocycles. The number of rotatable bonds is 5. The van der Waals surface area contributed by atoms with E-state index in [4.69, 9.17) is 0 Å². The van der Waals surface area contributed by atoms with Crippen molar-refractivity contribution in [3.8, 4) is 0 Å². The minimum absolute atomic E-state index is 0.0712. The molecule has 0 N–H and O–H groups in total. The minimum atomic E-state index is -3.66. The molecule has 0 bridgehead atoms. The van der Waals surface area contributed by atoms with Crippen molar-refractivity contribution in [2.24, 2.45) is 5.10 Å². The van der Waals surface area contributed by atoms with Crippen LogP contribution in [0, 0.1) is 0 Å². The highest BCUT2D eigenvalue weighted by atomic mass is 32.2. The van der Waals surface area contributed by atoms with E-state index in [-0.39, 0.29) is 10.6 Å². The number of nitrogens with zero attached hydrogens (tertiary/aromatic N) is 3. The van der Waals surface area contributed by atoms with Gasteiger partial charge in [0.25, 0.3) is 5.91 Å². The predicted octanol–water partition coefficient (Wildman–Crippen LogP) is 3.32. The Labute approximate surface area is 165 Å². The lowest BCUT2D eigenvalue weighted by Crippen LogP contribution is -2.22. The Balaban J connectivity index is 2.00. The average molecular weight is 398 g/mol. The molecule has 28 heavy (non-hydrogen) atoms. The average Bonchev–Trinajstić information content (AvgIpc) is 3.01. The molecule has 7 heteroatoms. The molecule has 2 aromatic carbocycles. The highest BCUT2D eigenvalue weighted by Crippen LogP contribution is 2.27. The van der Waals surface area contributed by atoms with Crippen molar-refractivity contribution in [1.29, 1.82) is 0 Å². The summed E-state index contributed by atoms with van der Waals surface area (Å²) in [6.07, 6.45) is 2.64. The number of sulfone groups is 1. The van der Waals surface area contributed by atoms with E-state index < -0.39 is 15.7 Å². The van der Waals surface area contributed by atoms with Gasteiger partial charge in [0.2, 0.25) is 0 Å². The maximum absolute atomic E-state index is 12.9. The third-order valence-corrected chi connectivity index (χ3v) is 5.53. The van der Waals surface area contributed by atoms with Gasteiger partial charge in [0.1, 0.15) is 0 Å². The Kier molecular flexibility index (Phi) is 5.65. The van der Waals surface area contributed by atoms with Crippen LogP contribution in [0.4, 0.5) is 11.4 Å². The fourth-order valence-corrected chi connectivity index (χ4v) is 3.85. The van der Waals surface area contributed by atoms with Gasteiger partial charge >= 0.3 is 0 Å². The van der Waals surface area contributed by atoms with E-state index in [1.165, 1.54) is 0 Å². The summed E-state index contributed by atoms with van der Waals surface area (Å²) in [4.78, 5) is 15.1. The van der Waals surface area contributed by atoms with Gasteiger partial charge in [-0.2, -0.15) is 10.1 Å². The summed E-state index contributed by atoms with van der Waals surface area (Å²) < 4.78 is 24.4. The van der Waals surface area contributed by atoms with Crippen molar-refractivity contribution in [2.45, 2.75) is 13.8 Å². The molecule has 2 aromatic rings. The van der Waals surface area contributed by atoms with Gasteiger partial charge in [-0.1, -0.05) is 30.3 Å². The zero-order valence-corrected chi connectivity index (χ0v) is 17.0. The van der Waals surface area contributed by atoms with Crippen LogP contribution in [0.3, 0.4) is 0 Å². The van der Waals surface area contributed by atoms with Crippen LogP contribution in [0.2, 0.25) is 0 Å². The van der Waals surface area contributed by atoms with Crippen LogP contribution in [0.5, 0.6) is 0 Å².